The van der Waals surface area contributed by atoms with Crippen molar-refractivity contribution in [1.82, 2.24) is 4.90 Å². The fourth-order valence-corrected chi connectivity index (χ4v) is 7.61. The molecule has 0 radical (unpaired) electrons. The van der Waals surface area contributed by atoms with Crippen molar-refractivity contribution in [3.63, 3.8) is 0 Å². The standard InChI is InChI=1S/C26H34N2O5S/c1-13-22-21(15(3)30)25(31)28(22)23(26(32)33)24(13)34-20-11-17(9-18(12-20)14(2)29)8-16-6-5-7-19(10-16)27-4/h5,7,9,13,15-16,18,20-22,30H,6,8,10-12H2,1-4H3,(H,32,33). The fourth-order valence-electron chi connectivity index (χ4n) is 6.00. The summed E-state index contributed by atoms with van der Waals surface area (Å²) >= 11 is 1.52. The van der Waals surface area contributed by atoms with Gasteiger partial charge in [-0.2, -0.15) is 0 Å². The Bertz CT molecular complexity index is 1010. The van der Waals surface area contributed by atoms with Crippen LogP contribution in [0.2, 0.25) is 0 Å². The first-order chi connectivity index (χ1) is 16.1. The first-order valence-corrected chi connectivity index (χ1v) is 13.0. The van der Waals surface area contributed by atoms with Gasteiger partial charge in [0.1, 0.15) is 11.5 Å². The monoisotopic (exact) mass is 486 g/mol. The summed E-state index contributed by atoms with van der Waals surface area (Å²) in [6.45, 7) is 5.15. The highest BCUT2D eigenvalue weighted by Gasteiger charge is 2.60. The van der Waals surface area contributed by atoms with Crippen LogP contribution in [-0.4, -0.2) is 62.9 Å². The molecule has 2 aliphatic heterocycles. The number of aliphatic hydroxyl groups is 1. The number of carboxylic acids is 1. The van der Waals surface area contributed by atoms with E-state index in [-0.39, 0.29) is 40.5 Å². The number of hydrogen-bond donors (Lipinski definition) is 2. The van der Waals surface area contributed by atoms with Gasteiger partial charge in [-0.25, -0.2) is 4.79 Å². The molecule has 2 N–H and O–H groups in total. The Balaban J connectivity index is 1.54. The number of allylic oxidation sites excluding steroid dienone is 4. The summed E-state index contributed by atoms with van der Waals surface area (Å²) in [5.74, 6) is -1.74. The Kier molecular flexibility index (Phi) is 7.20. The minimum absolute atomic E-state index is 0.0566. The summed E-state index contributed by atoms with van der Waals surface area (Å²) in [6.07, 6.45) is 9.84. The predicted molar refractivity (Wildman–Crippen MR) is 132 cm³/mol. The first kappa shape index (κ1) is 24.9. The Hall–Kier alpha value is -2.19. The van der Waals surface area contributed by atoms with Crippen LogP contribution in [0.1, 0.15) is 52.9 Å². The average molecular weight is 487 g/mol. The van der Waals surface area contributed by atoms with Gasteiger partial charge in [0.05, 0.1) is 18.1 Å². The smallest absolute Gasteiger partial charge is 0.353 e. The highest BCUT2D eigenvalue weighted by Crippen LogP contribution is 2.53. The second-order valence-electron chi connectivity index (χ2n) is 10.1. The highest BCUT2D eigenvalue weighted by atomic mass is 32.2. The Morgan fingerprint density at radius 3 is 2.68 bits per heavy atom. The lowest BCUT2D eigenvalue weighted by Crippen LogP contribution is -2.63. The summed E-state index contributed by atoms with van der Waals surface area (Å²) in [5, 5.41) is 20.1. The molecule has 0 saturated carbocycles. The van der Waals surface area contributed by atoms with Gasteiger partial charge < -0.3 is 15.1 Å². The molecule has 4 rings (SSSR count). The molecular formula is C26H34N2O5S. The van der Waals surface area contributed by atoms with Crippen LogP contribution in [-0.2, 0) is 14.4 Å². The number of thioether (sulfide) groups is 1. The number of carbonyl (C=O) groups is 3. The molecule has 2 aliphatic carbocycles. The number of nitrogens with zero attached hydrogens (tertiary/aromatic N) is 2. The number of Topliss-reactive ketones (excluding diaryl/α,β-unsaturated/α-hetero) is 1. The third-order valence-electron chi connectivity index (χ3n) is 7.69. The molecule has 0 bridgehead atoms. The van der Waals surface area contributed by atoms with Crippen LogP contribution in [0.15, 0.2) is 39.4 Å². The van der Waals surface area contributed by atoms with E-state index in [4.69, 9.17) is 0 Å². The molecule has 184 valence electrons. The molecule has 8 heteroatoms. The van der Waals surface area contributed by atoms with Crippen LogP contribution in [0.5, 0.6) is 0 Å². The van der Waals surface area contributed by atoms with Gasteiger partial charge in [0, 0.05) is 34.8 Å². The molecule has 7 unspecified atom stereocenters. The second-order valence-corrected chi connectivity index (χ2v) is 11.5. The number of aliphatic carboxylic acids is 1. The summed E-state index contributed by atoms with van der Waals surface area (Å²) in [4.78, 5) is 43.6. The first-order valence-electron chi connectivity index (χ1n) is 12.1. The van der Waals surface area contributed by atoms with E-state index in [1.165, 1.54) is 22.2 Å². The lowest BCUT2D eigenvalue weighted by Gasteiger charge is -2.46. The summed E-state index contributed by atoms with van der Waals surface area (Å²) < 4.78 is 0. The largest absolute Gasteiger partial charge is 0.477 e. The number of carbonyl (C=O) groups excluding carboxylic acids is 2. The number of fused-ring (bicyclic) bond motifs is 1. The zero-order valence-electron chi connectivity index (χ0n) is 20.2. The van der Waals surface area contributed by atoms with Crippen molar-refractivity contribution in [3.8, 4) is 0 Å². The molecule has 0 aromatic heterocycles. The van der Waals surface area contributed by atoms with E-state index >= 15 is 0 Å². The molecule has 34 heavy (non-hydrogen) atoms. The van der Waals surface area contributed by atoms with Gasteiger partial charge in [0.15, 0.2) is 0 Å². The predicted octanol–water partition coefficient (Wildman–Crippen LogP) is 3.59. The number of aliphatic imine (C=N–C) groups is 1. The lowest BCUT2D eigenvalue weighted by molar-refractivity contribution is -0.163. The summed E-state index contributed by atoms with van der Waals surface area (Å²) in [5.41, 5.74) is 2.41. The second kappa shape index (κ2) is 9.82. The van der Waals surface area contributed by atoms with Crippen molar-refractivity contribution in [2.24, 2.45) is 28.7 Å². The van der Waals surface area contributed by atoms with E-state index in [0.717, 1.165) is 31.4 Å². The minimum atomic E-state index is -1.11. The zero-order chi connectivity index (χ0) is 24.7. The van der Waals surface area contributed by atoms with Crippen molar-refractivity contribution >= 4 is 35.1 Å². The Morgan fingerprint density at radius 1 is 1.32 bits per heavy atom. The molecule has 7 nitrogen and oxygen atoms in total. The Labute approximate surface area is 205 Å². The molecule has 2 heterocycles. The summed E-state index contributed by atoms with van der Waals surface area (Å²) in [6, 6.07) is -0.316. The lowest BCUT2D eigenvalue weighted by atomic mass is 9.79. The van der Waals surface area contributed by atoms with Crippen molar-refractivity contribution in [2.45, 2.75) is 70.3 Å². The van der Waals surface area contributed by atoms with Gasteiger partial charge in [-0.1, -0.05) is 24.6 Å². The van der Waals surface area contributed by atoms with Crippen LogP contribution in [0, 0.1) is 23.7 Å². The van der Waals surface area contributed by atoms with E-state index in [2.05, 4.69) is 23.2 Å². The van der Waals surface area contributed by atoms with Crippen LogP contribution in [0.4, 0.5) is 0 Å². The number of carboxylic acid groups (broad SMARTS) is 1. The average Bonchev–Trinajstić information content (AvgIpc) is 3.02. The number of ketones is 1. The molecule has 0 aromatic carbocycles. The SMILES string of the molecule is CN=C1C=CCC(CC2=CC(C(C)=O)CC(SC3=C(C(=O)O)N4C(=O)C(C(C)O)C4C3C)C2)C1. The van der Waals surface area contributed by atoms with Crippen molar-refractivity contribution in [1.29, 1.82) is 0 Å². The number of aliphatic hydroxyl groups excluding tert-OH is 1. The Morgan fingerprint density at radius 2 is 2.06 bits per heavy atom. The van der Waals surface area contributed by atoms with E-state index in [1.54, 1.807) is 13.8 Å². The normalized spacial score (nSPS) is 35.2. The minimum Gasteiger partial charge on any atom is -0.477 e. The van der Waals surface area contributed by atoms with E-state index in [0.29, 0.717) is 17.2 Å². The van der Waals surface area contributed by atoms with E-state index < -0.39 is 18.0 Å². The maximum atomic E-state index is 12.6. The topological polar surface area (TPSA) is 107 Å². The molecule has 0 aromatic rings. The molecule has 0 spiro atoms. The van der Waals surface area contributed by atoms with Crippen LogP contribution < -0.4 is 0 Å². The van der Waals surface area contributed by atoms with Gasteiger partial charge in [-0.3, -0.25) is 14.6 Å². The fraction of sp³-hybridized carbons (Fsp3) is 0.615. The molecule has 4 aliphatic rings. The number of amides is 1. The molecule has 1 amide bonds. The van der Waals surface area contributed by atoms with Gasteiger partial charge >= 0.3 is 5.97 Å². The van der Waals surface area contributed by atoms with Crippen molar-refractivity contribution in [3.05, 3.63) is 34.4 Å². The summed E-state index contributed by atoms with van der Waals surface area (Å²) in [7, 11) is 1.81. The third-order valence-corrected chi connectivity index (χ3v) is 9.20. The van der Waals surface area contributed by atoms with Gasteiger partial charge in [0.2, 0.25) is 5.91 Å². The molecule has 7 atom stereocenters. The van der Waals surface area contributed by atoms with E-state index in [9.17, 15) is 24.6 Å². The maximum absolute atomic E-state index is 12.6. The maximum Gasteiger partial charge on any atom is 0.353 e. The van der Waals surface area contributed by atoms with Gasteiger partial charge in [0.25, 0.3) is 0 Å². The van der Waals surface area contributed by atoms with Crippen LogP contribution in [0.25, 0.3) is 0 Å². The zero-order valence-corrected chi connectivity index (χ0v) is 21.0. The number of rotatable bonds is 7. The number of β-lactam (4-membered cyclic amide) rings is 1. The van der Waals surface area contributed by atoms with E-state index in [1.807, 2.05) is 14.0 Å². The quantitative estimate of drug-likeness (QED) is 0.421. The molecule has 1 fully saturated rings. The third kappa shape index (κ3) is 4.54. The van der Waals surface area contributed by atoms with Crippen LogP contribution >= 0.6 is 11.8 Å². The molecule has 1 saturated heterocycles. The molecular weight excluding hydrogens is 452 g/mol. The van der Waals surface area contributed by atoms with Crippen molar-refractivity contribution < 1.29 is 24.6 Å². The van der Waals surface area contributed by atoms with Gasteiger partial charge in [-0.05, 0) is 57.9 Å². The van der Waals surface area contributed by atoms with Crippen molar-refractivity contribution in [2.75, 3.05) is 7.05 Å². The highest BCUT2D eigenvalue weighted by molar-refractivity contribution is 8.03. The number of hydrogen-bond acceptors (Lipinski definition) is 6. The van der Waals surface area contributed by atoms with Crippen LogP contribution in [0.3, 0.4) is 0 Å². The van der Waals surface area contributed by atoms with Gasteiger partial charge in [-0.15, -0.1) is 11.8 Å².